The van der Waals surface area contributed by atoms with Crippen molar-refractivity contribution in [1.29, 1.82) is 0 Å². The zero-order chi connectivity index (χ0) is 17.6. The molecule has 2 aromatic carbocycles. The van der Waals surface area contributed by atoms with Gasteiger partial charge in [-0.05, 0) is 31.0 Å². The smallest absolute Gasteiger partial charge is 0.321 e. The van der Waals surface area contributed by atoms with Crippen LogP contribution in [0.15, 0.2) is 48.5 Å². The van der Waals surface area contributed by atoms with E-state index in [2.05, 4.69) is 25.1 Å². The summed E-state index contributed by atoms with van der Waals surface area (Å²) in [5, 5.41) is 0. The zero-order valence-electron chi connectivity index (χ0n) is 14.2. The minimum atomic E-state index is -0.275. The lowest BCUT2D eigenvalue weighted by Gasteiger charge is -2.16. The van der Waals surface area contributed by atoms with E-state index in [-0.39, 0.29) is 11.9 Å². The highest BCUT2D eigenvalue weighted by Crippen LogP contribution is 2.25. The molecule has 1 aliphatic rings. The van der Waals surface area contributed by atoms with Crippen LogP contribution in [-0.4, -0.2) is 24.2 Å². The fourth-order valence-electron chi connectivity index (χ4n) is 2.85. The predicted molar refractivity (Wildman–Crippen MR) is 101 cm³/mol. The number of aryl methyl sites for hydroxylation is 1. The maximum absolute atomic E-state index is 12.0. The van der Waals surface area contributed by atoms with E-state index in [0.29, 0.717) is 17.9 Å². The minimum Gasteiger partial charge on any atom is -0.426 e. The van der Waals surface area contributed by atoms with Gasteiger partial charge in [-0.1, -0.05) is 35.9 Å². The lowest BCUT2D eigenvalue weighted by Crippen LogP contribution is -2.23. The van der Waals surface area contributed by atoms with Crippen LogP contribution >= 0.6 is 11.8 Å². The molecule has 0 radical (unpaired) electrons. The number of amides is 1. The van der Waals surface area contributed by atoms with E-state index < -0.39 is 0 Å². The number of esters is 1. The Hall–Kier alpha value is -2.27. The first-order valence-corrected chi connectivity index (χ1v) is 9.52. The lowest BCUT2D eigenvalue weighted by atomic mass is 10.2. The first-order chi connectivity index (χ1) is 12.1. The molecule has 5 heteroatoms. The Kier molecular flexibility index (Phi) is 5.76. The Morgan fingerprint density at radius 1 is 1.20 bits per heavy atom. The summed E-state index contributed by atoms with van der Waals surface area (Å²) in [5.41, 5.74) is 3.21. The van der Waals surface area contributed by atoms with E-state index >= 15 is 0 Å². The molecule has 0 unspecified atom stereocenters. The van der Waals surface area contributed by atoms with Crippen LogP contribution in [0.4, 0.5) is 5.69 Å². The summed E-state index contributed by atoms with van der Waals surface area (Å²) in [5.74, 6) is 1.40. The SMILES string of the molecule is Cc1cccc(CSCC(=O)Oc2cccc(N3CCCC3=O)c2)c1. The van der Waals surface area contributed by atoms with Gasteiger partial charge in [0.2, 0.25) is 5.91 Å². The molecule has 3 rings (SSSR count). The van der Waals surface area contributed by atoms with Gasteiger partial charge in [-0.3, -0.25) is 9.59 Å². The van der Waals surface area contributed by atoms with Crippen molar-refractivity contribution in [2.45, 2.75) is 25.5 Å². The maximum Gasteiger partial charge on any atom is 0.321 e. The Balaban J connectivity index is 1.51. The first-order valence-electron chi connectivity index (χ1n) is 8.36. The number of ether oxygens (including phenoxy) is 1. The summed E-state index contributed by atoms with van der Waals surface area (Å²) >= 11 is 1.53. The van der Waals surface area contributed by atoms with E-state index in [1.807, 2.05) is 18.2 Å². The number of benzene rings is 2. The maximum atomic E-state index is 12.0. The largest absolute Gasteiger partial charge is 0.426 e. The van der Waals surface area contributed by atoms with Crippen molar-refractivity contribution in [1.82, 2.24) is 0 Å². The van der Waals surface area contributed by atoms with Crippen molar-refractivity contribution in [3.8, 4) is 5.75 Å². The number of nitrogens with zero attached hydrogens (tertiary/aromatic N) is 1. The van der Waals surface area contributed by atoms with Crippen LogP contribution < -0.4 is 9.64 Å². The van der Waals surface area contributed by atoms with E-state index in [1.165, 1.54) is 22.9 Å². The van der Waals surface area contributed by atoms with Gasteiger partial charge in [0, 0.05) is 30.5 Å². The Morgan fingerprint density at radius 2 is 2.04 bits per heavy atom. The Bertz CT molecular complexity index is 775. The summed E-state index contributed by atoms with van der Waals surface area (Å²) in [6.45, 7) is 2.78. The van der Waals surface area contributed by atoms with Gasteiger partial charge in [-0.2, -0.15) is 0 Å². The van der Waals surface area contributed by atoms with Crippen molar-refractivity contribution < 1.29 is 14.3 Å². The van der Waals surface area contributed by atoms with Crippen molar-refractivity contribution in [3.05, 3.63) is 59.7 Å². The fourth-order valence-corrected chi connectivity index (χ4v) is 3.59. The molecule has 0 N–H and O–H groups in total. The highest BCUT2D eigenvalue weighted by Gasteiger charge is 2.22. The number of rotatable bonds is 6. The Labute approximate surface area is 152 Å². The van der Waals surface area contributed by atoms with Crippen LogP contribution in [0.5, 0.6) is 5.75 Å². The van der Waals surface area contributed by atoms with Crippen LogP contribution in [0, 0.1) is 6.92 Å². The molecule has 1 saturated heterocycles. The molecule has 1 heterocycles. The van der Waals surface area contributed by atoms with Crippen molar-refractivity contribution >= 4 is 29.3 Å². The molecule has 2 aromatic rings. The molecule has 0 saturated carbocycles. The van der Waals surface area contributed by atoms with Crippen LogP contribution in [-0.2, 0) is 15.3 Å². The average Bonchev–Trinajstić information content (AvgIpc) is 3.01. The normalized spacial score (nSPS) is 14.0. The number of anilines is 1. The molecule has 1 fully saturated rings. The number of hydrogen-bond acceptors (Lipinski definition) is 4. The molecule has 0 bridgehead atoms. The quantitative estimate of drug-likeness (QED) is 0.581. The van der Waals surface area contributed by atoms with Crippen LogP contribution in [0.3, 0.4) is 0 Å². The molecule has 130 valence electrons. The molecule has 0 aliphatic carbocycles. The third-order valence-electron chi connectivity index (χ3n) is 4.01. The van der Waals surface area contributed by atoms with Gasteiger partial charge < -0.3 is 9.64 Å². The van der Waals surface area contributed by atoms with E-state index in [9.17, 15) is 9.59 Å². The van der Waals surface area contributed by atoms with Crippen molar-refractivity contribution in [2.24, 2.45) is 0 Å². The van der Waals surface area contributed by atoms with Gasteiger partial charge in [0.05, 0.1) is 5.75 Å². The molecule has 0 aromatic heterocycles. The standard InChI is InChI=1S/C20H21NO3S/c1-15-5-2-6-16(11-15)13-25-14-20(23)24-18-8-3-7-17(12-18)21-10-4-9-19(21)22/h2-3,5-8,11-12H,4,9-10,13-14H2,1H3. The average molecular weight is 355 g/mol. The second kappa shape index (κ2) is 8.21. The van der Waals surface area contributed by atoms with Crippen LogP contribution in [0.25, 0.3) is 0 Å². The number of carbonyl (C=O) groups is 2. The monoisotopic (exact) mass is 355 g/mol. The van der Waals surface area contributed by atoms with E-state index in [0.717, 1.165) is 24.4 Å². The van der Waals surface area contributed by atoms with Gasteiger partial charge in [0.15, 0.2) is 0 Å². The molecule has 0 spiro atoms. The lowest BCUT2D eigenvalue weighted by molar-refractivity contribution is -0.131. The number of thioether (sulfide) groups is 1. The molecule has 1 amide bonds. The third-order valence-corrected chi connectivity index (χ3v) is 4.98. The molecule has 1 aliphatic heterocycles. The fraction of sp³-hybridized carbons (Fsp3) is 0.300. The molecular weight excluding hydrogens is 334 g/mol. The highest BCUT2D eigenvalue weighted by molar-refractivity contribution is 7.99. The number of carbonyl (C=O) groups excluding carboxylic acids is 2. The summed E-state index contributed by atoms with van der Waals surface area (Å²) in [4.78, 5) is 25.6. The molecule has 25 heavy (non-hydrogen) atoms. The zero-order valence-corrected chi connectivity index (χ0v) is 15.1. The van der Waals surface area contributed by atoms with Gasteiger partial charge in [0.1, 0.15) is 5.75 Å². The molecular formula is C20H21NO3S. The van der Waals surface area contributed by atoms with Gasteiger partial charge in [0.25, 0.3) is 0 Å². The minimum absolute atomic E-state index is 0.122. The summed E-state index contributed by atoms with van der Waals surface area (Å²) in [6.07, 6.45) is 1.46. The second-order valence-electron chi connectivity index (χ2n) is 6.10. The molecule has 0 atom stereocenters. The second-order valence-corrected chi connectivity index (χ2v) is 7.09. The topological polar surface area (TPSA) is 46.6 Å². The summed E-state index contributed by atoms with van der Waals surface area (Å²) in [6, 6.07) is 15.4. The van der Waals surface area contributed by atoms with Crippen molar-refractivity contribution in [3.63, 3.8) is 0 Å². The van der Waals surface area contributed by atoms with Gasteiger partial charge in [-0.15, -0.1) is 11.8 Å². The summed E-state index contributed by atoms with van der Waals surface area (Å²) < 4.78 is 5.41. The van der Waals surface area contributed by atoms with Crippen LogP contribution in [0.1, 0.15) is 24.0 Å². The number of hydrogen-bond donors (Lipinski definition) is 0. The van der Waals surface area contributed by atoms with Gasteiger partial charge in [-0.25, -0.2) is 0 Å². The van der Waals surface area contributed by atoms with E-state index in [4.69, 9.17) is 4.74 Å². The predicted octanol–water partition coefficient (Wildman–Crippen LogP) is 3.96. The Morgan fingerprint density at radius 3 is 2.80 bits per heavy atom. The van der Waals surface area contributed by atoms with E-state index in [1.54, 1.807) is 17.0 Å². The molecule has 4 nitrogen and oxygen atoms in total. The van der Waals surface area contributed by atoms with Crippen molar-refractivity contribution in [2.75, 3.05) is 17.2 Å². The summed E-state index contributed by atoms with van der Waals surface area (Å²) in [7, 11) is 0. The third kappa shape index (κ3) is 4.86. The van der Waals surface area contributed by atoms with Crippen LogP contribution in [0.2, 0.25) is 0 Å². The first kappa shape index (κ1) is 17.5. The highest BCUT2D eigenvalue weighted by atomic mass is 32.2. The van der Waals surface area contributed by atoms with Gasteiger partial charge >= 0.3 is 5.97 Å².